The molecule has 1 heterocycles. The van der Waals surface area contributed by atoms with Crippen molar-refractivity contribution in [2.24, 2.45) is 0 Å². The first kappa shape index (κ1) is 15.2. The predicted octanol–water partition coefficient (Wildman–Crippen LogP) is 2.61. The van der Waals surface area contributed by atoms with Gasteiger partial charge in [0.15, 0.2) is 0 Å². The smallest absolute Gasteiger partial charge is 0.224 e. The number of anilines is 1. The van der Waals surface area contributed by atoms with Gasteiger partial charge in [0.25, 0.3) is 0 Å². The number of amides is 1. The molecule has 1 amide bonds. The third-order valence-electron chi connectivity index (χ3n) is 3.23. The van der Waals surface area contributed by atoms with Gasteiger partial charge in [0.2, 0.25) is 5.91 Å². The summed E-state index contributed by atoms with van der Waals surface area (Å²) >= 11 is 0. The van der Waals surface area contributed by atoms with Crippen LogP contribution in [0.4, 0.5) is 5.69 Å². The molecule has 0 aliphatic carbocycles. The quantitative estimate of drug-likeness (QED) is 0.768. The summed E-state index contributed by atoms with van der Waals surface area (Å²) in [5.41, 5.74) is 3.30. The lowest BCUT2D eigenvalue weighted by Crippen LogP contribution is -2.15. The summed E-state index contributed by atoms with van der Waals surface area (Å²) in [4.78, 5) is 15.7. The largest absolute Gasteiger partial charge is 0.326 e. The number of hydrogen-bond acceptors (Lipinski definition) is 3. The number of benzene rings is 1. The minimum absolute atomic E-state index is 0.0622. The van der Waals surface area contributed by atoms with Crippen molar-refractivity contribution in [3.05, 3.63) is 59.9 Å². The Bertz CT molecular complexity index is 552. The van der Waals surface area contributed by atoms with Gasteiger partial charge in [-0.3, -0.25) is 9.78 Å². The van der Waals surface area contributed by atoms with Crippen LogP contribution in [0.5, 0.6) is 0 Å². The first-order valence-electron chi connectivity index (χ1n) is 7.20. The fraction of sp³-hybridized carbons (Fsp3) is 0.294. The van der Waals surface area contributed by atoms with Gasteiger partial charge in [-0.1, -0.05) is 12.1 Å². The lowest BCUT2D eigenvalue weighted by atomic mass is 10.1. The zero-order valence-corrected chi connectivity index (χ0v) is 12.3. The van der Waals surface area contributed by atoms with Crippen molar-refractivity contribution in [2.45, 2.75) is 19.3 Å². The van der Waals surface area contributed by atoms with Crippen LogP contribution in [0.3, 0.4) is 0 Å². The van der Waals surface area contributed by atoms with E-state index in [1.807, 2.05) is 43.4 Å². The average molecular weight is 283 g/mol. The standard InChI is InChI=1S/C17H21N3O/c1-18-10-2-3-17(21)20-16-6-4-14(5-7-16)13-15-8-11-19-12-9-15/h4-9,11-12,18H,2-3,10,13H2,1H3,(H,20,21). The van der Waals surface area contributed by atoms with Crippen LogP contribution < -0.4 is 10.6 Å². The molecule has 0 unspecified atom stereocenters. The SMILES string of the molecule is CNCCCC(=O)Nc1ccc(Cc2ccncc2)cc1. The maximum Gasteiger partial charge on any atom is 0.224 e. The minimum atomic E-state index is 0.0622. The maximum absolute atomic E-state index is 11.7. The van der Waals surface area contributed by atoms with Crippen molar-refractivity contribution in [1.82, 2.24) is 10.3 Å². The molecule has 1 aromatic heterocycles. The van der Waals surface area contributed by atoms with E-state index in [1.165, 1.54) is 11.1 Å². The Labute approximate surface area is 125 Å². The van der Waals surface area contributed by atoms with Crippen LogP contribution in [0.25, 0.3) is 0 Å². The van der Waals surface area contributed by atoms with Gasteiger partial charge in [-0.05, 0) is 61.8 Å². The molecule has 0 atom stereocenters. The molecular weight excluding hydrogens is 262 g/mol. The Morgan fingerprint density at radius 3 is 2.38 bits per heavy atom. The molecule has 4 heteroatoms. The average Bonchev–Trinajstić information content (AvgIpc) is 2.51. The van der Waals surface area contributed by atoms with Gasteiger partial charge in [0.1, 0.15) is 0 Å². The van der Waals surface area contributed by atoms with E-state index in [4.69, 9.17) is 0 Å². The Hall–Kier alpha value is -2.20. The summed E-state index contributed by atoms with van der Waals surface area (Å²) in [6, 6.07) is 12.0. The van der Waals surface area contributed by atoms with E-state index in [0.717, 1.165) is 25.1 Å². The van der Waals surface area contributed by atoms with Gasteiger partial charge in [-0.2, -0.15) is 0 Å². The fourth-order valence-corrected chi connectivity index (χ4v) is 2.09. The summed E-state index contributed by atoms with van der Waals surface area (Å²) in [7, 11) is 1.89. The zero-order valence-electron chi connectivity index (χ0n) is 12.3. The van der Waals surface area contributed by atoms with Crippen LogP contribution in [0, 0.1) is 0 Å². The first-order valence-corrected chi connectivity index (χ1v) is 7.20. The molecule has 2 aromatic rings. The van der Waals surface area contributed by atoms with Crippen molar-refractivity contribution >= 4 is 11.6 Å². The molecule has 1 aromatic carbocycles. The van der Waals surface area contributed by atoms with Gasteiger partial charge >= 0.3 is 0 Å². The summed E-state index contributed by atoms with van der Waals surface area (Å²) in [6.07, 6.45) is 5.87. The first-order chi connectivity index (χ1) is 10.3. The van der Waals surface area contributed by atoms with Crippen molar-refractivity contribution in [3.8, 4) is 0 Å². The van der Waals surface area contributed by atoms with Gasteiger partial charge in [0.05, 0.1) is 0 Å². The zero-order chi connectivity index (χ0) is 14.9. The van der Waals surface area contributed by atoms with Crippen LogP contribution in [0.1, 0.15) is 24.0 Å². The summed E-state index contributed by atoms with van der Waals surface area (Å²) in [5, 5.41) is 5.95. The summed E-state index contributed by atoms with van der Waals surface area (Å²) < 4.78 is 0. The van der Waals surface area contributed by atoms with E-state index >= 15 is 0 Å². The van der Waals surface area contributed by atoms with Crippen molar-refractivity contribution in [1.29, 1.82) is 0 Å². The number of rotatable bonds is 7. The highest BCUT2D eigenvalue weighted by Crippen LogP contribution is 2.13. The number of hydrogen-bond donors (Lipinski definition) is 2. The molecule has 110 valence electrons. The molecule has 2 N–H and O–H groups in total. The van der Waals surface area contributed by atoms with E-state index < -0.39 is 0 Å². The number of aromatic nitrogens is 1. The van der Waals surface area contributed by atoms with E-state index in [-0.39, 0.29) is 5.91 Å². The summed E-state index contributed by atoms with van der Waals surface area (Å²) in [6.45, 7) is 0.859. The van der Waals surface area contributed by atoms with Gasteiger partial charge in [0, 0.05) is 24.5 Å². The van der Waals surface area contributed by atoms with Crippen molar-refractivity contribution in [2.75, 3.05) is 18.9 Å². The molecule has 0 radical (unpaired) electrons. The molecule has 0 aliphatic heterocycles. The van der Waals surface area contributed by atoms with E-state index in [2.05, 4.69) is 15.6 Å². The molecule has 0 bridgehead atoms. The lowest BCUT2D eigenvalue weighted by molar-refractivity contribution is -0.116. The normalized spacial score (nSPS) is 10.3. The Balaban J connectivity index is 1.85. The van der Waals surface area contributed by atoms with Crippen LogP contribution in [0.15, 0.2) is 48.8 Å². The third-order valence-corrected chi connectivity index (χ3v) is 3.23. The van der Waals surface area contributed by atoms with Gasteiger partial charge < -0.3 is 10.6 Å². The monoisotopic (exact) mass is 283 g/mol. The number of carbonyl (C=O) groups excluding carboxylic acids is 1. The number of carbonyl (C=O) groups is 1. The Kier molecular flexibility index (Phi) is 5.91. The Morgan fingerprint density at radius 2 is 1.71 bits per heavy atom. The van der Waals surface area contributed by atoms with Crippen molar-refractivity contribution < 1.29 is 4.79 Å². The minimum Gasteiger partial charge on any atom is -0.326 e. The highest BCUT2D eigenvalue weighted by atomic mass is 16.1. The topological polar surface area (TPSA) is 54.0 Å². The predicted molar refractivity (Wildman–Crippen MR) is 85.3 cm³/mol. The third kappa shape index (κ3) is 5.36. The van der Waals surface area contributed by atoms with E-state index in [9.17, 15) is 4.79 Å². The molecule has 4 nitrogen and oxygen atoms in total. The van der Waals surface area contributed by atoms with E-state index in [1.54, 1.807) is 12.4 Å². The molecule has 0 fully saturated rings. The van der Waals surface area contributed by atoms with Crippen LogP contribution in [-0.2, 0) is 11.2 Å². The van der Waals surface area contributed by atoms with Gasteiger partial charge in [-0.25, -0.2) is 0 Å². The highest BCUT2D eigenvalue weighted by Gasteiger charge is 2.02. The highest BCUT2D eigenvalue weighted by molar-refractivity contribution is 5.90. The fourth-order valence-electron chi connectivity index (χ4n) is 2.09. The Morgan fingerprint density at radius 1 is 1.05 bits per heavy atom. The molecule has 2 rings (SSSR count). The van der Waals surface area contributed by atoms with Crippen molar-refractivity contribution in [3.63, 3.8) is 0 Å². The van der Waals surface area contributed by atoms with Crippen LogP contribution >= 0.6 is 0 Å². The second kappa shape index (κ2) is 8.17. The molecule has 0 saturated heterocycles. The lowest BCUT2D eigenvalue weighted by Gasteiger charge is -2.07. The number of pyridine rings is 1. The molecular formula is C17H21N3O. The second-order valence-corrected chi connectivity index (χ2v) is 4.98. The van der Waals surface area contributed by atoms with Crippen LogP contribution in [-0.4, -0.2) is 24.5 Å². The molecule has 0 spiro atoms. The van der Waals surface area contributed by atoms with Gasteiger partial charge in [-0.15, -0.1) is 0 Å². The maximum atomic E-state index is 11.7. The number of nitrogens with zero attached hydrogens (tertiary/aromatic N) is 1. The second-order valence-electron chi connectivity index (χ2n) is 4.98. The molecule has 0 saturated carbocycles. The summed E-state index contributed by atoms with van der Waals surface area (Å²) in [5.74, 6) is 0.0622. The molecule has 21 heavy (non-hydrogen) atoms. The van der Waals surface area contributed by atoms with Crippen LogP contribution in [0.2, 0.25) is 0 Å². The number of nitrogens with one attached hydrogen (secondary N) is 2. The molecule has 0 aliphatic rings. The van der Waals surface area contributed by atoms with E-state index in [0.29, 0.717) is 6.42 Å².